The van der Waals surface area contributed by atoms with Crippen molar-refractivity contribution in [2.45, 2.75) is 12.5 Å². The molecule has 1 atom stereocenters. The summed E-state index contributed by atoms with van der Waals surface area (Å²) in [6.45, 7) is 0.387. The Morgan fingerprint density at radius 3 is 2.90 bits per heavy atom. The van der Waals surface area contributed by atoms with Crippen molar-refractivity contribution in [3.63, 3.8) is 0 Å². The van der Waals surface area contributed by atoms with E-state index in [0.29, 0.717) is 13.0 Å². The van der Waals surface area contributed by atoms with Gasteiger partial charge in [-0.2, -0.15) is 0 Å². The van der Waals surface area contributed by atoms with Gasteiger partial charge in [-0.25, -0.2) is 0 Å². The molecule has 0 heterocycles. The first-order valence-corrected chi connectivity index (χ1v) is 2.99. The van der Waals surface area contributed by atoms with Gasteiger partial charge in [0.25, 0.3) is 0 Å². The van der Waals surface area contributed by atoms with Crippen molar-refractivity contribution in [3.05, 3.63) is 10.4 Å². The van der Waals surface area contributed by atoms with Crippen LogP contribution in [0.25, 0.3) is 10.4 Å². The molecule has 0 aliphatic carbocycles. The molecule has 0 aromatic rings. The van der Waals surface area contributed by atoms with E-state index in [-0.39, 0.29) is 12.6 Å². The van der Waals surface area contributed by atoms with Crippen LogP contribution in [0.15, 0.2) is 5.11 Å². The molecule has 0 amide bonds. The van der Waals surface area contributed by atoms with Crippen LogP contribution < -0.4 is 0 Å². The number of nitrogens with zero attached hydrogens (tertiary/aromatic N) is 3. The topological polar surface area (TPSA) is 78.2 Å². The SMILES string of the molecule is COCCC(CO)N=[N+]=[N-]. The third-order valence-corrected chi connectivity index (χ3v) is 1.08. The van der Waals surface area contributed by atoms with Crippen LogP contribution >= 0.6 is 0 Å². The first-order chi connectivity index (χ1) is 4.85. The minimum atomic E-state index is -0.343. The summed E-state index contributed by atoms with van der Waals surface area (Å²) in [6, 6.07) is -0.343. The maximum absolute atomic E-state index is 8.56. The van der Waals surface area contributed by atoms with Gasteiger partial charge in [-0.1, -0.05) is 5.11 Å². The van der Waals surface area contributed by atoms with Gasteiger partial charge in [0.15, 0.2) is 0 Å². The lowest BCUT2D eigenvalue weighted by molar-refractivity contribution is 0.170. The number of rotatable bonds is 5. The van der Waals surface area contributed by atoms with Crippen LogP contribution in [0.5, 0.6) is 0 Å². The Bertz CT molecular complexity index is 122. The lowest BCUT2D eigenvalue weighted by atomic mass is 10.2. The van der Waals surface area contributed by atoms with Crippen molar-refractivity contribution in [2.75, 3.05) is 20.3 Å². The van der Waals surface area contributed by atoms with Crippen LogP contribution in [0.3, 0.4) is 0 Å². The fourth-order valence-corrected chi connectivity index (χ4v) is 0.512. The predicted molar refractivity (Wildman–Crippen MR) is 36.5 cm³/mol. The summed E-state index contributed by atoms with van der Waals surface area (Å²) in [4.78, 5) is 2.57. The molecule has 1 N–H and O–H groups in total. The van der Waals surface area contributed by atoms with Gasteiger partial charge in [-0.15, -0.1) is 0 Å². The van der Waals surface area contributed by atoms with E-state index in [1.165, 1.54) is 0 Å². The van der Waals surface area contributed by atoms with E-state index >= 15 is 0 Å². The number of aliphatic hydroxyl groups is 1. The number of ether oxygens (including phenoxy) is 1. The highest BCUT2D eigenvalue weighted by molar-refractivity contribution is 4.64. The molecule has 0 aromatic heterocycles. The lowest BCUT2D eigenvalue weighted by Crippen LogP contribution is -2.11. The Morgan fingerprint density at radius 1 is 1.80 bits per heavy atom. The highest BCUT2D eigenvalue weighted by atomic mass is 16.5. The average Bonchev–Trinajstić information content (AvgIpc) is 1.98. The molecule has 0 bridgehead atoms. The van der Waals surface area contributed by atoms with E-state index in [1.807, 2.05) is 0 Å². The predicted octanol–water partition coefficient (Wildman–Crippen LogP) is 0.694. The van der Waals surface area contributed by atoms with Gasteiger partial charge in [-0.05, 0) is 12.0 Å². The van der Waals surface area contributed by atoms with Crippen molar-refractivity contribution in [2.24, 2.45) is 5.11 Å². The van der Waals surface area contributed by atoms with Crippen molar-refractivity contribution < 1.29 is 9.84 Å². The second-order valence-electron chi connectivity index (χ2n) is 1.82. The monoisotopic (exact) mass is 145 g/mol. The van der Waals surface area contributed by atoms with Crippen LogP contribution in [0.4, 0.5) is 0 Å². The summed E-state index contributed by atoms with van der Waals surface area (Å²) in [5, 5.41) is 11.9. The summed E-state index contributed by atoms with van der Waals surface area (Å²) >= 11 is 0. The van der Waals surface area contributed by atoms with E-state index in [2.05, 4.69) is 10.0 Å². The molecule has 5 heteroatoms. The van der Waals surface area contributed by atoms with E-state index < -0.39 is 0 Å². The Balaban J connectivity index is 3.49. The van der Waals surface area contributed by atoms with Gasteiger partial charge in [0.2, 0.25) is 0 Å². The van der Waals surface area contributed by atoms with E-state index in [1.54, 1.807) is 7.11 Å². The molecule has 0 saturated carbocycles. The minimum absolute atomic E-state index is 0.118. The van der Waals surface area contributed by atoms with Gasteiger partial charge in [0.1, 0.15) is 0 Å². The molecule has 0 aromatic carbocycles. The Morgan fingerprint density at radius 2 is 2.50 bits per heavy atom. The lowest BCUT2D eigenvalue weighted by Gasteiger charge is -2.04. The molecule has 0 fully saturated rings. The van der Waals surface area contributed by atoms with Gasteiger partial charge < -0.3 is 9.84 Å². The van der Waals surface area contributed by atoms with Crippen molar-refractivity contribution >= 4 is 0 Å². The van der Waals surface area contributed by atoms with Crippen LogP contribution in [0, 0.1) is 0 Å². The van der Waals surface area contributed by atoms with Crippen molar-refractivity contribution in [1.82, 2.24) is 0 Å². The maximum atomic E-state index is 8.56. The zero-order valence-corrected chi connectivity index (χ0v) is 5.90. The normalized spacial score (nSPS) is 12.2. The number of methoxy groups -OCH3 is 1. The Labute approximate surface area is 59.2 Å². The van der Waals surface area contributed by atoms with Gasteiger partial charge in [0, 0.05) is 18.6 Å². The fourth-order valence-electron chi connectivity index (χ4n) is 0.512. The van der Waals surface area contributed by atoms with E-state index in [4.69, 9.17) is 15.4 Å². The third kappa shape index (κ3) is 4.14. The van der Waals surface area contributed by atoms with Crippen LogP contribution in [-0.4, -0.2) is 31.5 Å². The molecular weight excluding hydrogens is 134 g/mol. The molecule has 0 radical (unpaired) electrons. The smallest absolute Gasteiger partial charge is 0.0627 e. The molecule has 0 spiro atoms. The number of aliphatic hydroxyl groups excluding tert-OH is 1. The molecule has 58 valence electrons. The minimum Gasteiger partial charge on any atom is -0.396 e. The zero-order valence-electron chi connectivity index (χ0n) is 5.90. The molecule has 0 rings (SSSR count). The number of azide groups is 1. The molecule has 0 saturated heterocycles. The van der Waals surface area contributed by atoms with Crippen LogP contribution in [-0.2, 0) is 4.74 Å². The molecular formula is C5H11N3O2. The average molecular weight is 145 g/mol. The standard InChI is InChI=1S/C5H11N3O2/c1-10-3-2-5(4-9)7-8-6/h5,9H,2-4H2,1H3. The molecule has 0 aliphatic heterocycles. The van der Waals surface area contributed by atoms with Gasteiger partial charge >= 0.3 is 0 Å². The Kier molecular flexibility index (Phi) is 5.86. The van der Waals surface area contributed by atoms with Gasteiger partial charge in [0.05, 0.1) is 12.6 Å². The van der Waals surface area contributed by atoms with E-state index in [0.717, 1.165) is 0 Å². The first-order valence-electron chi connectivity index (χ1n) is 2.99. The summed E-state index contributed by atoms with van der Waals surface area (Å²) in [7, 11) is 1.56. The van der Waals surface area contributed by atoms with Gasteiger partial charge in [-0.3, -0.25) is 0 Å². The molecule has 5 nitrogen and oxygen atoms in total. The molecule has 0 aliphatic rings. The van der Waals surface area contributed by atoms with E-state index in [9.17, 15) is 0 Å². The van der Waals surface area contributed by atoms with Crippen LogP contribution in [0.1, 0.15) is 6.42 Å². The largest absolute Gasteiger partial charge is 0.396 e. The number of hydrogen-bond acceptors (Lipinski definition) is 3. The third-order valence-electron chi connectivity index (χ3n) is 1.08. The highest BCUT2D eigenvalue weighted by Gasteiger charge is 2.02. The quantitative estimate of drug-likeness (QED) is 0.351. The van der Waals surface area contributed by atoms with Crippen molar-refractivity contribution in [1.29, 1.82) is 0 Å². The number of hydrogen-bond donors (Lipinski definition) is 1. The highest BCUT2D eigenvalue weighted by Crippen LogP contribution is 1.96. The fraction of sp³-hybridized carbons (Fsp3) is 1.00. The summed E-state index contributed by atoms with van der Waals surface area (Å²) in [5.74, 6) is 0. The maximum Gasteiger partial charge on any atom is 0.0627 e. The summed E-state index contributed by atoms with van der Waals surface area (Å²) in [6.07, 6.45) is 0.567. The summed E-state index contributed by atoms with van der Waals surface area (Å²) < 4.78 is 4.73. The first kappa shape index (κ1) is 9.23. The van der Waals surface area contributed by atoms with Crippen molar-refractivity contribution in [3.8, 4) is 0 Å². The zero-order chi connectivity index (χ0) is 7.82. The molecule has 1 unspecified atom stereocenters. The second kappa shape index (κ2) is 6.35. The Hall–Kier alpha value is -0.770. The van der Waals surface area contributed by atoms with Crippen LogP contribution in [0.2, 0.25) is 0 Å². The molecule has 10 heavy (non-hydrogen) atoms. The second-order valence-corrected chi connectivity index (χ2v) is 1.82. The summed E-state index contributed by atoms with van der Waals surface area (Å²) in [5.41, 5.74) is 7.97.